The van der Waals surface area contributed by atoms with Gasteiger partial charge in [-0.2, -0.15) is 10.8 Å². The van der Waals surface area contributed by atoms with Crippen LogP contribution in [0, 0.1) is 16.7 Å². The molecule has 5 N–H and O–H groups in total. The molecule has 2 saturated heterocycles. The first-order chi connectivity index (χ1) is 24.0. The van der Waals surface area contributed by atoms with E-state index in [1.165, 1.54) is 17.9 Å². The van der Waals surface area contributed by atoms with Crippen LogP contribution in [0.25, 0.3) is 11.1 Å². The monoisotopic (exact) mass is 673 g/mol. The van der Waals surface area contributed by atoms with Crippen LogP contribution in [0.1, 0.15) is 64.0 Å². The molecule has 1 unspecified atom stereocenters. The van der Waals surface area contributed by atoms with E-state index < -0.39 is 0 Å². The molecular weight excluding hydrogens is 626 g/mol. The minimum absolute atomic E-state index is 0.290. The second-order valence-electron chi connectivity index (χ2n) is 12.8. The molecule has 2 aromatic heterocycles. The molecule has 0 radical (unpaired) electrons. The predicted molar refractivity (Wildman–Crippen MR) is 183 cm³/mol. The van der Waals surface area contributed by atoms with Gasteiger partial charge in [0.15, 0.2) is 0 Å². The zero-order valence-corrected chi connectivity index (χ0v) is 28.3. The Morgan fingerprint density at radius 1 is 1.08 bits per heavy atom. The summed E-state index contributed by atoms with van der Waals surface area (Å²) in [4.78, 5) is 11.9. The smallest absolute Gasteiger partial charge is 0.257 e. The maximum absolute atomic E-state index is 9.65. The van der Waals surface area contributed by atoms with Crippen LogP contribution < -0.4 is 26.2 Å². The van der Waals surface area contributed by atoms with Crippen LogP contribution in [-0.2, 0) is 9.47 Å². The van der Waals surface area contributed by atoms with Gasteiger partial charge < -0.3 is 24.3 Å². The number of nitrogens with zero attached hydrogens (tertiary/aromatic N) is 7. The summed E-state index contributed by atoms with van der Waals surface area (Å²) in [5.41, 5.74) is 5.06. The number of ether oxygens (including phenoxy) is 4. The summed E-state index contributed by atoms with van der Waals surface area (Å²) in [5, 5.41) is 26.6. The third-order valence-corrected chi connectivity index (χ3v) is 9.56. The molecule has 3 atom stereocenters. The van der Waals surface area contributed by atoms with Crippen molar-refractivity contribution in [2.75, 3.05) is 44.9 Å². The number of nitriles is 1. The molecule has 3 aliphatic rings. The van der Waals surface area contributed by atoms with Gasteiger partial charge in [0.25, 0.3) is 5.88 Å². The van der Waals surface area contributed by atoms with Crippen LogP contribution in [-0.4, -0.2) is 99.8 Å². The zero-order chi connectivity index (χ0) is 34.2. The second kappa shape index (κ2) is 16.4. The maximum Gasteiger partial charge on any atom is 0.257 e. The standard InChI is InChI=1S/C34H47N11O4/c1-3-46-12-13-48-33-31(19-44(41-33)27-6-8-28(9-7-27)45-29-10-11-30(45)21-47-20-29)40-34-38-16-26(17-39-34)24-4-5-25(15-35)32(14-24)49-23(2)18-43(22-36)42-37/h4-5,14,16-17,19,22-23,27-30,36,42H,3,6-13,18,20-21,37H2,1-2H3,(H,38,39,40)/t23-,27-,28-,29+,30?/m0/s1. The number of hydrazine groups is 2. The van der Waals surface area contributed by atoms with Crippen LogP contribution in [0.15, 0.2) is 36.8 Å². The molecule has 0 amide bonds. The summed E-state index contributed by atoms with van der Waals surface area (Å²) >= 11 is 0. The molecule has 4 heterocycles. The average Bonchev–Trinajstić information content (AvgIpc) is 3.64. The highest BCUT2D eigenvalue weighted by Crippen LogP contribution is 2.39. The minimum Gasteiger partial charge on any atom is -0.487 e. The molecule has 262 valence electrons. The van der Waals surface area contributed by atoms with Gasteiger partial charge in [-0.25, -0.2) is 9.97 Å². The average molecular weight is 674 g/mol. The number of hydrogen-bond acceptors (Lipinski definition) is 13. The van der Waals surface area contributed by atoms with Gasteiger partial charge >= 0.3 is 0 Å². The Labute approximate surface area is 287 Å². The van der Waals surface area contributed by atoms with Gasteiger partial charge in [0.2, 0.25) is 5.95 Å². The summed E-state index contributed by atoms with van der Waals surface area (Å²) in [6.45, 7) is 7.33. The van der Waals surface area contributed by atoms with Crippen molar-refractivity contribution in [3.8, 4) is 28.8 Å². The van der Waals surface area contributed by atoms with E-state index in [4.69, 9.17) is 35.3 Å². The highest BCUT2D eigenvalue weighted by molar-refractivity contribution is 5.67. The van der Waals surface area contributed by atoms with Crippen molar-refractivity contribution in [1.29, 1.82) is 10.7 Å². The molecule has 2 aliphatic heterocycles. The first-order valence-electron chi connectivity index (χ1n) is 17.2. The Morgan fingerprint density at radius 3 is 2.47 bits per heavy atom. The van der Waals surface area contributed by atoms with Crippen LogP contribution >= 0.6 is 0 Å². The van der Waals surface area contributed by atoms with Crippen molar-refractivity contribution in [1.82, 2.24) is 35.2 Å². The third-order valence-electron chi connectivity index (χ3n) is 9.56. The number of nitrogens with one attached hydrogen (secondary N) is 3. The highest BCUT2D eigenvalue weighted by Gasteiger charge is 2.42. The van der Waals surface area contributed by atoms with E-state index >= 15 is 0 Å². The van der Waals surface area contributed by atoms with Crippen molar-refractivity contribution in [3.63, 3.8) is 0 Å². The lowest BCUT2D eigenvalue weighted by Crippen LogP contribution is -2.52. The first kappa shape index (κ1) is 34.5. The number of fused-ring (bicyclic) bond motifs is 2. The van der Waals surface area contributed by atoms with E-state index in [0.29, 0.717) is 79.4 Å². The Kier molecular flexibility index (Phi) is 11.5. The lowest BCUT2D eigenvalue weighted by Gasteiger charge is -2.43. The fourth-order valence-electron chi connectivity index (χ4n) is 7.20. The summed E-state index contributed by atoms with van der Waals surface area (Å²) in [6, 6.07) is 9.57. The van der Waals surface area contributed by atoms with Crippen molar-refractivity contribution in [2.24, 2.45) is 5.84 Å². The van der Waals surface area contributed by atoms with Crippen LogP contribution in [0.4, 0.5) is 11.6 Å². The van der Waals surface area contributed by atoms with E-state index in [9.17, 15) is 5.26 Å². The van der Waals surface area contributed by atoms with Crippen LogP contribution in [0.5, 0.6) is 11.6 Å². The fourth-order valence-corrected chi connectivity index (χ4v) is 7.20. The molecule has 6 rings (SSSR count). The summed E-state index contributed by atoms with van der Waals surface area (Å²) < 4.78 is 25.5. The van der Waals surface area contributed by atoms with E-state index in [0.717, 1.165) is 56.4 Å². The van der Waals surface area contributed by atoms with E-state index in [2.05, 4.69) is 31.8 Å². The van der Waals surface area contributed by atoms with Crippen LogP contribution in [0.3, 0.4) is 0 Å². The Bertz CT molecular complexity index is 1550. The summed E-state index contributed by atoms with van der Waals surface area (Å²) in [6.07, 6.45) is 13.1. The molecule has 3 aromatic rings. The maximum atomic E-state index is 9.65. The molecule has 3 fully saturated rings. The van der Waals surface area contributed by atoms with Gasteiger partial charge in [0.1, 0.15) is 30.2 Å². The predicted octanol–water partition coefficient (Wildman–Crippen LogP) is 3.77. The minimum atomic E-state index is -0.358. The van der Waals surface area contributed by atoms with Gasteiger partial charge in [-0.1, -0.05) is 6.07 Å². The molecule has 15 nitrogen and oxygen atoms in total. The van der Waals surface area contributed by atoms with Crippen molar-refractivity contribution >= 4 is 18.0 Å². The number of hydrogen-bond donors (Lipinski definition) is 4. The number of nitrogens with two attached hydrogens (primary N) is 1. The van der Waals surface area contributed by atoms with Crippen molar-refractivity contribution in [2.45, 2.75) is 82.6 Å². The second-order valence-corrected chi connectivity index (χ2v) is 12.8. The highest BCUT2D eigenvalue weighted by atomic mass is 16.5. The lowest BCUT2D eigenvalue weighted by atomic mass is 9.89. The number of rotatable bonds is 16. The molecule has 1 saturated carbocycles. The van der Waals surface area contributed by atoms with Gasteiger partial charge in [-0.15, -0.1) is 5.10 Å². The fraction of sp³-hybridized carbons (Fsp3) is 0.559. The summed E-state index contributed by atoms with van der Waals surface area (Å²) in [7, 11) is 0. The van der Waals surface area contributed by atoms with E-state index in [1.54, 1.807) is 24.5 Å². The SMILES string of the molecule is CCOCCOc1nn([C@H]2CC[C@H](N3C4CC[C@@H]3COC4)CC2)cc1Nc1ncc(-c2ccc(C#N)c(O[C@@H](C)CN(C=N)NN)c2)cn1. The molecule has 0 spiro atoms. The number of benzene rings is 1. The molecular formula is C34H47N11O4. The summed E-state index contributed by atoms with van der Waals surface area (Å²) in [5.74, 6) is 6.75. The lowest BCUT2D eigenvalue weighted by molar-refractivity contribution is -0.0458. The van der Waals surface area contributed by atoms with Crippen LogP contribution in [0.2, 0.25) is 0 Å². The van der Waals surface area contributed by atoms with Gasteiger partial charge in [-0.05, 0) is 70.1 Å². The van der Waals surface area contributed by atoms with E-state index in [-0.39, 0.29) is 6.10 Å². The zero-order valence-electron chi connectivity index (χ0n) is 28.3. The quantitative estimate of drug-likeness (QED) is 0.0567. The third kappa shape index (κ3) is 8.28. The van der Waals surface area contributed by atoms with Crippen molar-refractivity contribution in [3.05, 3.63) is 42.4 Å². The number of aromatic nitrogens is 4. The molecule has 49 heavy (non-hydrogen) atoms. The molecule has 1 aromatic carbocycles. The normalized spacial score (nSPS) is 22.7. The van der Waals surface area contributed by atoms with Gasteiger partial charge in [0.05, 0.1) is 50.5 Å². The first-order valence-corrected chi connectivity index (χ1v) is 17.2. The van der Waals surface area contributed by atoms with E-state index in [1.807, 2.05) is 30.8 Å². The largest absolute Gasteiger partial charge is 0.487 e. The Morgan fingerprint density at radius 2 is 1.80 bits per heavy atom. The van der Waals surface area contributed by atoms with Crippen molar-refractivity contribution < 1.29 is 18.9 Å². The number of morpholine rings is 1. The van der Waals surface area contributed by atoms with Gasteiger partial charge in [0, 0.05) is 42.7 Å². The van der Waals surface area contributed by atoms with Gasteiger partial charge in [-0.3, -0.25) is 25.8 Å². The molecule has 1 aliphatic carbocycles. The number of anilines is 2. The Balaban J connectivity index is 1.13. The Hall–Kier alpha value is -4.33. The molecule has 2 bridgehead atoms. The molecule has 15 heteroatoms. The topological polar surface area (TPSA) is 185 Å².